The van der Waals surface area contributed by atoms with Gasteiger partial charge >= 0.3 is 6.09 Å². The molecule has 0 aliphatic carbocycles. The van der Waals surface area contributed by atoms with Gasteiger partial charge < -0.3 is 24.3 Å². The molecule has 3 rings (SSSR count). The second kappa shape index (κ2) is 11.9. The van der Waals surface area contributed by atoms with E-state index < -0.39 is 29.4 Å². The van der Waals surface area contributed by atoms with Crippen molar-refractivity contribution in [3.8, 4) is 16.9 Å². The highest BCUT2D eigenvalue weighted by Gasteiger charge is 2.32. The average Bonchev–Trinajstić information content (AvgIpc) is 2.86. The van der Waals surface area contributed by atoms with Crippen molar-refractivity contribution in [2.24, 2.45) is 0 Å². The van der Waals surface area contributed by atoms with E-state index in [-0.39, 0.29) is 6.61 Å². The third-order valence-corrected chi connectivity index (χ3v) is 5.45. The van der Waals surface area contributed by atoms with Crippen LogP contribution in [0, 0.1) is 0 Å². The van der Waals surface area contributed by atoms with Gasteiger partial charge in [0.1, 0.15) is 29.3 Å². The molecule has 36 heavy (non-hydrogen) atoms. The topological polar surface area (TPSA) is 73.9 Å². The van der Waals surface area contributed by atoms with Crippen LogP contribution in [-0.4, -0.2) is 36.2 Å². The summed E-state index contributed by atoms with van der Waals surface area (Å²) in [4.78, 5) is 24.2. The summed E-state index contributed by atoms with van der Waals surface area (Å²) in [5, 5.41) is 2.62. The molecule has 6 heteroatoms. The van der Waals surface area contributed by atoms with Gasteiger partial charge in [-0.05, 0) is 69.5 Å². The van der Waals surface area contributed by atoms with Crippen LogP contribution in [0.15, 0.2) is 84.9 Å². The van der Waals surface area contributed by atoms with Gasteiger partial charge in [0.2, 0.25) is 0 Å². The molecule has 0 radical (unpaired) electrons. The summed E-state index contributed by atoms with van der Waals surface area (Å²) < 4.78 is 17.8. The predicted molar refractivity (Wildman–Crippen MR) is 141 cm³/mol. The van der Waals surface area contributed by atoms with E-state index in [0.717, 1.165) is 16.7 Å². The van der Waals surface area contributed by atoms with Gasteiger partial charge in [0, 0.05) is 0 Å². The van der Waals surface area contributed by atoms with Crippen LogP contribution in [0.5, 0.6) is 5.75 Å². The molecule has 0 bridgehead atoms. The summed E-state index contributed by atoms with van der Waals surface area (Å²) >= 11 is 0. The number of rotatable bonds is 10. The van der Waals surface area contributed by atoms with Crippen molar-refractivity contribution in [2.75, 3.05) is 6.61 Å². The normalized spacial score (nSPS) is 14.7. The number of hydrogen-bond acceptors (Lipinski definition) is 5. The first-order chi connectivity index (χ1) is 17.1. The number of para-hydroxylation sites is 1. The highest BCUT2D eigenvalue weighted by molar-refractivity contribution is 5.76. The molecule has 0 saturated heterocycles. The first-order valence-corrected chi connectivity index (χ1v) is 12.0. The number of carbonyl (C=O) groups is 2. The third kappa shape index (κ3) is 7.95. The zero-order valence-electron chi connectivity index (χ0n) is 21.6. The van der Waals surface area contributed by atoms with Gasteiger partial charge in [-0.3, -0.25) is 0 Å². The van der Waals surface area contributed by atoms with E-state index in [2.05, 4.69) is 29.6 Å². The zero-order chi connectivity index (χ0) is 26.2. The molecular weight excluding hydrogens is 454 g/mol. The van der Waals surface area contributed by atoms with Gasteiger partial charge in [0.15, 0.2) is 0 Å². The van der Waals surface area contributed by atoms with Crippen molar-refractivity contribution in [1.82, 2.24) is 5.32 Å². The summed E-state index contributed by atoms with van der Waals surface area (Å²) in [6.45, 7) is 8.72. The van der Waals surface area contributed by atoms with Crippen molar-refractivity contribution in [3.63, 3.8) is 0 Å². The first kappa shape index (κ1) is 27.0. The maximum absolute atomic E-state index is 12.3. The number of alkyl carbamates (subject to hydrolysis) is 1. The number of ether oxygens (including phenoxy) is 3. The summed E-state index contributed by atoms with van der Waals surface area (Å²) in [5.41, 5.74) is 1.15. The van der Waals surface area contributed by atoms with E-state index in [4.69, 9.17) is 14.2 Å². The highest BCUT2D eigenvalue weighted by Crippen LogP contribution is 2.30. The molecular formula is C30H35NO5. The summed E-state index contributed by atoms with van der Waals surface area (Å²) in [7, 11) is 0. The number of amides is 1. The molecule has 1 amide bonds. The van der Waals surface area contributed by atoms with Crippen LogP contribution in [0.4, 0.5) is 4.79 Å². The molecule has 190 valence electrons. The van der Waals surface area contributed by atoms with Crippen LogP contribution in [-0.2, 0) is 14.3 Å². The Labute approximate surface area is 213 Å². The fraction of sp³-hybridized carbons (Fsp3) is 0.333. The van der Waals surface area contributed by atoms with Crippen LogP contribution < -0.4 is 10.1 Å². The number of carbonyl (C=O) groups excluding carboxylic acids is 2. The molecule has 6 nitrogen and oxygen atoms in total. The number of hydrogen-bond donors (Lipinski definition) is 1. The Morgan fingerprint density at radius 3 is 2.11 bits per heavy atom. The number of benzene rings is 3. The fourth-order valence-electron chi connectivity index (χ4n) is 3.63. The Morgan fingerprint density at radius 2 is 1.50 bits per heavy atom. The fourth-order valence-corrected chi connectivity index (χ4v) is 3.63. The lowest BCUT2D eigenvalue weighted by Crippen LogP contribution is -2.53. The SMILES string of the molecule is C[C@H](OC[C@](C)(C=O)NC(=O)OC(C)(C)C)[C@H](Oc1ccccc1)c1cccc(-c2ccccc2)c1. The van der Waals surface area contributed by atoms with Gasteiger partial charge in [-0.25, -0.2) is 4.79 Å². The van der Waals surface area contributed by atoms with Gasteiger partial charge in [0.05, 0.1) is 12.7 Å². The Balaban J connectivity index is 1.81. The molecule has 0 unspecified atom stereocenters. The summed E-state index contributed by atoms with van der Waals surface area (Å²) in [5.74, 6) is 0.702. The monoisotopic (exact) mass is 489 g/mol. The van der Waals surface area contributed by atoms with E-state index in [0.29, 0.717) is 12.0 Å². The number of aldehydes is 1. The molecule has 0 fully saturated rings. The molecule has 0 aliphatic heterocycles. The smallest absolute Gasteiger partial charge is 0.408 e. The van der Waals surface area contributed by atoms with E-state index in [9.17, 15) is 9.59 Å². The van der Waals surface area contributed by atoms with E-state index in [1.165, 1.54) is 0 Å². The van der Waals surface area contributed by atoms with E-state index >= 15 is 0 Å². The minimum atomic E-state index is -1.26. The molecule has 0 spiro atoms. The Kier molecular flexibility index (Phi) is 8.88. The lowest BCUT2D eigenvalue weighted by atomic mass is 9.98. The summed E-state index contributed by atoms with van der Waals surface area (Å²) in [6, 6.07) is 27.8. The molecule has 0 aliphatic rings. The quantitative estimate of drug-likeness (QED) is 0.335. The predicted octanol–water partition coefficient (Wildman–Crippen LogP) is 6.36. The molecule has 0 saturated carbocycles. The average molecular weight is 490 g/mol. The molecule has 3 aromatic rings. The Bertz CT molecular complexity index is 1130. The Morgan fingerprint density at radius 1 is 0.889 bits per heavy atom. The van der Waals surface area contributed by atoms with Gasteiger partial charge in [0.25, 0.3) is 0 Å². The van der Waals surface area contributed by atoms with Crippen LogP contribution in [0.2, 0.25) is 0 Å². The van der Waals surface area contributed by atoms with Crippen molar-refractivity contribution in [1.29, 1.82) is 0 Å². The van der Waals surface area contributed by atoms with Crippen molar-refractivity contribution in [2.45, 2.75) is 58.0 Å². The van der Waals surface area contributed by atoms with Gasteiger partial charge in [-0.15, -0.1) is 0 Å². The third-order valence-electron chi connectivity index (χ3n) is 5.45. The van der Waals surface area contributed by atoms with Crippen LogP contribution in [0.3, 0.4) is 0 Å². The largest absolute Gasteiger partial charge is 0.483 e. The zero-order valence-corrected chi connectivity index (χ0v) is 21.6. The van der Waals surface area contributed by atoms with Gasteiger partial charge in [-0.2, -0.15) is 0 Å². The number of nitrogens with one attached hydrogen (secondary N) is 1. The minimum absolute atomic E-state index is 0.0517. The van der Waals surface area contributed by atoms with Crippen LogP contribution >= 0.6 is 0 Å². The molecule has 0 aromatic heterocycles. The van der Waals surface area contributed by atoms with Crippen LogP contribution in [0.1, 0.15) is 46.3 Å². The molecule has 0 heterocycles. The van der Waals surface area contributed by atoms with Crippen molar-refractivity contribution in [3.05, 3.63) is 90.5 Å². The maximum Gasteiger partial charge on any atom is 0.408 e. The second-order valence-corrected chi connectivity index (χ2v) is 10.0. The first-order valence-electron chi connectivity index (χ1n) is 12.0. The van der Waals surface area contributed by atoms with E-state index in [1.54, 1.807) is 27.7 Å². The van der Waals surface area contributed by atoms with E-state index in [1.807, 2.05) is 67.6 Å². The molecule has 3 aromatic carbocycles. The lowest BCUT2D eigenvalue weighted by molar-refractivity contribution is -0.117. The van der Waals surface area contributed by atoms with Crippen molar-refractivity contribution >= 4 is 12.4 Å². The molecule has 3 atom stereocenters. The standard InChI is InChI=1S/C30H35NO5/c1-22(34-21-30(5,20-32)31-28(33)36-29(2,3)4)27(35-26-17-10-7-11-18-26)25-16-12-15-24(19-25)23-13-8-6-9-14-23/h6-20,22,27H,21H2,1-5H3,(H,31,33)/t22-,27-,30-/m0/s1. The maximum atomic E-state index is 12.3. The summed E-state index contributed by atoms with van der Waals surface area (Å²) in [6.07, 6.45) is -0.933. The van der Waals surface area contributed by atoms with Gasteiger partial charge in [-0.1, -0.05) is 66.7 Å². The molecule has 1 N–H and O–H groups in total. The second-order valence-electron chi connectivity index (χ2n) is 10.0. The lowest BCUT2D eigenvalue weighted by Gasteiger charge is -2.31. The minimum Gasteiger partial charge on any atom is -0.483 e. The van der Waals surface area contributed by atoms with Crippen LogP contribution in [0.25, 0.3) is 11.1 Å². The Hall–Kier alpha value is -3.64. The highest BCUT2D eigenvalue weighted by atomic mass is 16.6. The van der Waals surface area contributed by atoms with Crippen molar-refractivity contribution < 1.29 is 23.8 Å².